The van der Waals surface area contributed by atoms with Gasteiger partial charge in [-0.05, 0) is 29.8 Å². The molecular formula is C34H33N7O3Si. The topological polar surface area (TPSA) is 116 Å². The van der Waals surface area contributed by atoms with E-state index in [1.165, 1.54) is 0 Å². The number of carbonyl (C=O) groups is 1. The average Bonchev–Trinajstić information content (AvgIpc) is 3.47. The molecule has 3 aromatic carbocycles. The second-order valence-corrected chi connectivity index (χ2v) is 16.5. The molecule has 0 aliphatic carbocycles. The van der Waals surface area contributed by atoms with E-state index in [1.807, 2.05) is 78.9 Å². The molecule has 0 spiro atoms. The Morgan fingerprint density at radius 3 is 2.36 bits per heavy atom. The molecule has 0 unspecified atom stereocenters. The van der Waals surface area contributed by atoms with Crippen LogP contribution in [0, 0.1) is 0 Å². The first-order chi connectivity index (χ1) is 21.8. The molecule has 10 nitrogen and oxygen atoms in total. The van der Waals surface area contributed by atoms with Gasteiger partial charge in [0.05, 0.1) is 24.7 Å². The molecule has 3 aromatic heterocycles. The number of ether oxygens (including phenoxy) is 2. The number of urea groups is 1. The number of pyridine rings is 1. The second-order valence-electron chi connectivity index (χ2n) is 11.4. The highest BCUT2D eigenvalue weighted by Crippen LogP contribution is 2.34. The molecule has 6 rings (SSSR count). The molecule has 226 valence electrons. The summed E-state index contributed by atoms with van der Waals surface area (Å²) in [6.07, 6.45) is 3.96. The van der Waals surface area contributed by atoms with Crippen LogP contribution < -0.4 is 25.4 Å². The molecule has 6 aromatic rings. The maximum Gasteiger partial charge on any atom is 0.324 e. The van der Waals surface area contributed by atoms with Crippen LogP contribution in [-0.2, 0) is 6.42 Å². The Labute approximate surface area is 262 Å². The molecular weight excluding hydrogens is 583 g/mol. The van der Waals surface area contributed by atoms with Crippen LogP contribution in [0.3, 0.4) is 0 Å². The molecule has 11 heteroatoms. The van der Waals surface area contributed by atoms with Crippen LogP contribution in [0.4, 0.5) is 16.3 Å². The second kappa shape index (κ2) is 12.6. The van der Waals surface area contributed by atoms with E-state index in [0.717, 1.165) is 21.7 Å². The monoisotopic (exact) mass is 615 g/mol. The third kappa shape index (κ3) is 6.83. The number of rotatable bonds is 9. The van der Waals surface area contributed by atoms with E-state index in [4.69, 9.17) is 14.6 Å². The Morgan fingerprint density at radius 1 is 0.844 bits per heavy atom. The molecule has 0 aliphatic rings. The Hall–Kier alpha value is -5.55. The number of benzene rings is 3. The fourth-order valence-corrected chi connectivity index (χ4v) is 5.77. The van der Waals surface area contributed by atoms with Gasteiger partial charge in [0.25, 0.3) is 0 Å². The highest BCUT2D eigenvalue weighted by molar-refractivity contribution is 6.88. The lowest BCUT2D eigenvalue weighted by Crippen LogP contribution is -2.39. The van der Waals surface area contributed by atoms with Gasteiger partial charge in [0.2, 0.25) is 11.8 Å². The van der Waals surface area contributed by atoms with E-state index >= 15 is 0 Å². The fourth-order valence-electron chi connectivity index (χ4n) is 4.80. The lowest BCUT2D eigenvalue weighted by atomic mass is 10.1. The van der Waals surface area contributed by atoms with Gasteiger partial charge in [0.1, 0.15) is 25.5 Å². The van der Waals surface area contributed by atoms with Gasteiger partial charge < -0.3 is 14.8 Å². The first-order valence-electron chi connectivity index (χ1n) is 14.5. The fraction of sp³-hybridized carbons (Fsp3) is 0.147. The van der Waals surface area contributed by atoms with E-state index in [1.54, 1.807) is 36.3 Å². The van der Waals surface area contributed by atoms with Crippen molar-refractivity contribution in [2.45, 2.75) is 26.1 Å². The Bertz CT molecular complexity index is 1960. The van der Waals surface area contributed by atoms with Gasteiger partial charge >= 0.3 is 6.03 Å². The molecule has 2 amide bonds. The minimum absolute atomic E-state index is 0.403. The molecule has 0 atom stereocenters. The zero-order chi connectivity index (χ0) is 31.4. The summed E-state index contributed by atoms with van der Waals surface area (Å²) in [5, 5.41) is 13.4. The van der Waals surface area contributed by atoms with E-state index in [2.05, 4.69) is 45.2 Å². The van der Waals surface area contributed by atoms with Crippen LogP contribution in [0.1, 0.15) is 11.4 Å². The summed E-state index contributed by atoms with van der Waals surface area (Å²) < 4.78 is 13.1. The van der Waals surface area contributed by atoms with Crippen LogP contribution in [-0.4, -0.2) is 45.9 Å². The summed E-state index contributed by atoms with van der Waals surface area (Å²) in [5.74, 6) is 2.76. The third-order valence-electron chi connectivity index (χ3n) is 7.13. The van der Waals surface area contributed by atoms with Crippen molar-refractivity contribution in [1.82, 2.24) is 24.7 Å². The SMILES string of the molecule is COc1ccc(-n2nc([Si](C)(C)C)cc2NC(=O)Nc2ccc(Oc3ccnc(Cc4ccccc4)n3)c3ccccc23)cn1. The van der Waals surface area contributed by atoms with Gasteiger partial charge in [-0.2, -0.15) is 10.1 Å². The zero-order valence-electron chi connectivity index (χ0n) is 25.5. The average molecular weight is 616 g/mol. The number of methoxy groups -OCH3 is 1. The smallest absolute Gasteiger partial charge is 0.324 e. The number of anilines is 2. The van der Waals surface area contributed by atoms with Crippen molar-refractivity contribution in [2.75, 3.05) is 17.7 Å². The lowest BCUT2D eigenvalue weighted by Gasteiger charge is -2.14. The van der Waals surface area contributed by atoms with E-state index in [0.29, 0.717) is 46.9 Å². The predicted molar refractivity (Wildman–Crippen MR) is 179 cm³/mol. The first-order valence-corrected chi connectivity index (χ1v) is 18.0. The van der Waals surface area contributed by atoms with Crippen molar-refractivity contribution in [3.8, 4) is 23.2 Å². The van der Waals surface area contributed by atoms with Crippen LogP contribution >= 0.6 is 0 Å². The number of fused-ring (bicyclic) bond motifs is 1. The quantitative estimate of drug-likeness (QED) is 0.172. The third-order valence-corrected chi connectivity index (χ3v) is 8.91. The number of aromatic nitrogens is 5. The van der Waals surface area contributed by atoms with Crippen LogP contribution in [0.5, 0.6) is 17.5 Å². The Kier molecular flexibility index (Phi) is 8.26. The van der Waals surface area contributed by atoms with Gasteiger partial charge in [-0.3, -0.25) is 5.32 Å². The van der Waals surface area contributed by atoms with Crippen LogP contribution in [0.25, 0.3) is 16.5 Å². The van der Waals surface area contributed by atoms with E-state index in [-0.39, 0.29) is 0 Å². The maximum absolute atomic E-state index is 13.4. The number of hydrogen-bond acceptors (Lipinski definition) is 7. The molecule has 2 N–H and O–H groups in total. The summed E-state index contributed by atoms with van der Waals surface area (Å²) in [5.41, 5.74) is 2.46. The molecule has 0 fully saturated rings. The molecule has 3 heterocycles. The van der Waals surface area contributed by atoms with Crippen molar-refractivity contribution in [1.29, 1.82) is 0 Å². The number of nitrogens with one attached hydrogen (secondary N) is 2. The summed E-state index contributed by atoms with van der Waals surface area (Å²) in [4.78, 5) is 26.7. The minimum Gasteiger partial charge on any atom is -0.481 e. The first kappa shape index (κ1) is 29.5. The number of nitrogens with zero attached hydrogens (tertiary/aromatic N) is 5. The highest BCUT2D eigenvalue weighted by atomic mass is 28.3. The van der Waals surface area contributed by atoms with Crippen molar-refractivity contribution in [3.63, 3.8) is 0 Å². The maximum atomic E-state index is 13.4. The van der Waals surface area contributed by atoms with Crippen LogP contribution in [0.2, 0.25) is 19.6 Å². The van der Waals surface area contributed by atoms with Crippen molar-refractivity contribution in [3.05, 3.63) is 115 Å². The van der Waals surface area contributed by atoms with Gasteiger partial charge in [-0.1, -0.05) is 74.2 Å². The summed E-state index contributed by atoms with van der Waals surface area (Å²) in [6, 6.07) is 28.3. The Morgan fingerprint density at radius 2 is 1.62 bits per heavy atom. The minimum atomic E-state index is -1.79. The molecule has 45 heavy (non-hydrogen) atoms. The number of carbonyl (C=O) groups excluding carboxylic acids is 1. The van der Waals surface area contributed by atoms with Crippen LogP contribution in [0.15, 0.2) is 103 Å². The summed E-state index contributed by atoms with van der Waals surface area (Å²) >= 11 is 0. The van der Waals surface area contributed by atoms with E-state index < -0.39 is 14.1 Å². The summed E-state index contributed by atoms with van der Waals surface area (Å²) in [6.45, 7) is 6.62. The van der Waals surface area contributed by atoms with Crippen molar-refractivity contribution < 1.29 is 14.3 Å². The van der Waals surface area contributed by atoms with Gasteiger partial charge in [-0.15, -0.1) is 0 Å². The zero-order valence-corrected chi connectivity index (χ0v) is 26.5. The molecule has 0 saturated carbocycles. The predicted octanol–water partition coefficient (Wildman–Crippen LogP) is 6.79. The molecule has 0 radical (unpaired) electrons. The number of amides is 2. The highest BCUT2D eigenvalue weighted by Gasteiger charge is 2.24. The largest absolute Gasteiger partial charge is 0.481 e. The van der Waals surface area contributed by atoms with Crippen molar-refractivity contribution in [2.24, 2.45) is 0 Å². The standard InChI is InChI=1S/C34H33N7O3Si/c1-43-31-17-14-24(22-36-31)41-30(21-33(40-41)45(2,3)4)39-34(42)37-27-15-16-28(26-13-9-8-12-25(26)27)44-32-18-19-35-29(38-32)20-23-10-6-5-7-11-23/h5-19,21-22H,20H2,1-4H3,(H2,37,39,42). The normalized spacial score (nSPS) is 11.3. The number of hydrogen-bond donors (Lipinski definition) is 2. The van der Waals surface area contributed by atoms with Crippen molar-refractivity contribution >= 4 is 41.7 Å². The summed E-state index contributed by atoms with van der Waals surface area (Å²) in [7, 11) is -0.222. The molecule has 0 bridgehead atoms. The lowest BCUT2D eigenvalue weighted by molar-refractivity contribution is 0.262. The van der Waals surface area contributed by atoms with Gasteiger partial charge in [-0.25, -0.2) is 19.4 Å². The molecule has 0 saturated heterocycles. The van der Waals surface area contributed by atoms with E-state index in [9.17, 15) is 4.79 Å². The van der Waals surface area contributed by atoms with Gasteiger partial charge in [0, 0.05) is 40.8 Å². The molecule has 0 aliphatic heterocycles. The Balaban J connectivity index is 1.23. The van der Waals surface area contributed by atoms with Gasteiger partial charge in [0.15, 0.2) is 0 Å².